The Hall–Kier alpha value is -1.82. The molecule has 2 aromatic rings. The van der Waals surface area contributed by atoms with Crippen LogP contribution in [-0.2, 0) is 0 Å². The van der Waals surface area contributed by atoms with Crippen LogP contribution in [0.1, 0.15) is 16.1 Å². The Morgan fingerprint density at radius 2 is 2.17 bits per heavy atom. The number of hydrogen-bond donors (Lipinski definition) is 1. The van der Waals surface area contributed by atoms with E-state index in [1.165, 1.54) is 23.9 Å². The van der Waals surface area contributed by atoms with Gasteiger partial charge in [0.25, 0.3) is 0 Å². The minimum absolute atomic E-state index is 0.111. The number of thioether (sulfide) groups is 1. The lowest BCUT2D eigenvalue weighted by Gasteiger charge is -2.05. The van der Waals surface area contributed by atoms with Crippen LogP contribution in [0.15, 0.2) is 27.6 Å². The summed E-state index contributed by atoms with van der Waals surface area (Å²) in [6.07, 6.45) is 1.88. The smallest absolute Gasteiger partial charge is 0.358 e. The summed E-state index contributed by atoms with van der Waals surface area (Å²) < 4.78 is 18.7. The van der Waals surface area contributed by atoms with Gasteiger partial charge in [-0.1, -0.05) is 5.16 Å². The van der Waals surface area contributed by atoms with Crippen LogP contribution in [-0.4, -0.2) is 22.5 Å². The molecule has 0 spiro atoms. The SMILES string of the molecule is CSc1cc(-c2cc(C(=O)O)no2)c(F)cc1C. The fraction of sp³-hybridized carbons (Fsp3) is 0.167. The first-order valence-electron chi connectivity index (χ1n) is 5.07. The van der Waals surface area contributed by atoms with E-state index in [1.54, 1.807) is 6.07 Å². The Balaban J connectivity index is 2.52. The van der Waals surface area contributed by atoms with Crippen LogP contribution < -0.4 is 0 Å². The van der Waals surface area contributed by atoms with Crippen molar-refractivity contribution in [3.63, 3.8) is 0 Å². The van der Waals surface area contributed by atoms with E-state index in [4.69, 9.17) is 9.63 Å². The molecule has 1 heterocycles. The van der Waals surface area contributed by atoms with Gasteiger partial charge >= 0.3 is 5.97 Å². The Bertz CT molecular complexity index is 609. The molecule has 0 aliphatic rings. The third-order valence-electron chi connectivity index (χ3n) is 2.48. The van der Waals surface area contributed by atoms with Gasteiger partial charge in [-0.25, -0.2) is 9.18 Å². The van der Waals surface area contributed by atoms with Crippen LogP contribution in [0.3, 0.4) is 0 Å². The third-order valence-corrected chi connectivity index (χ3v) is 3.36. The summed E-state index contributed by atoms with van der Waals surface area (Å²) in [5.41, 5.74) is 0.794. The molecule has 18 heavy (non-hydrogen) atoms. The van der Waals surface area contributed by atoms with Crippen LogP contribution in [0.2, 0.25) is 0 Å². The third kappa shape index (κ3) is 2.24. The van der Waals surface area contributed by atoms with E-state index in [1.807, 2.05) is 13.2 Å². The molecule has 0 bridgehead atoms. The minimum atomic E-state index is -1.21. The summed E-state index contributed by atoms with van der Waals surface area (Å²) in [6, 6.07) is 4.23. The van der Waals surface area contributed by atoms with E-state index in [-0.39, 0.29) is 17.0 Å². The number of hydrogen-bond acceptors (Lipinski definition) is 4. The highest BCUT2D eigenvalue weighted by atomic mass is 32.2. The first kappa shape index (κ1) is 12.6. The average Bonchev–Trinajstić information content (AvgIpc) is 2.78. The number of aromatic carboxylic acids is 1. The highest BCUT2D eigenvalue weighted by Gasteiger charge is 2.16. The standard InChI is InChI=1S/C12H10FNO3S/c1-6-3-8(13)7(4-11(6)18-2)10-5-9(12(15)16)14-17-10/h3-5H,1-2H3,(H,15,16). The molecule has 0 atom stereocenters. The molecule has 0 fully saturated rings. The number of benzene rings is 1. The number of nitrogens with zero attached hydrogens (tertiary/aromatic N) is 1. The number of rotatable bonds is 3. The highest BCUT2D eigenvalue weighted by Crippen LogP contribution is 2.30. The van der Waals surface area contributed by atoms with Crippen molar-refractivity contribution in [3.05, 3.63) is 35.3 Å². The largest absolute Gasteiger partial charge is 0.476 e. The zero-order chi connectivity index (χ0) is 13.3. The van der Waals surface area contributed by atoms with Gasteiger partial charge in [0.1, 0.15) is 5.82 Å². The van der Waals surface area contributed by atoms with Gasteiger partial charge in [-0.2, -0.15) is 0 Å². The van der Waals surface area contributed by atoms with Crippen LogP contribution in [0.25, 0.3) is 11.3 Å². The molecule has 1 N–H and O–H groups in total. The van der Waals surface area contributed by atoms with Crippen LogP contribution >= 0.6 is 11.8 Å². The Morgan fingerprint density at radius 3 is 2.72 bits per heavy atom. The minimum Gasteiger partial charge on any atom is -0.476 e. The van der Waals surface area contributed by atoms with Crippen molar-refractivity contribution in [3.8, 4) is 11.3 Å². The first-order valence-corrected chi connectivity index (χ1v) is 6.30. The van der Waals surface area contributed by atoms with Crippen molar-refractivity contribution >= 4 is 17.7 Å². The second kappa shape index (κ2) is 4.81. The lowest BCUT2D eigenvalue weighted by Crippen LogP contribution is -1.94. The van der Waals surface area contributed by atoms with E-state index in [0.29, 0.717) is 0 Å². The quantitative estimate of drug-likeness (QED) is 0.865. The predicted octanol–water partition coefficient (Wildman–Crippen LogP) is 3.21. The molecule has 1 aromatic heterocycles. The van der Waals surface area contributed by atoms with Crippen molar-refractivity contribution in [1.29, 1.82) is 0 Å². The van der Waals surface area contributed by atoms with Crippen molar-refractivity contribution in [1.82, 2.24) is 5.16 Å². The van der Waals surface area contributed by atoms with E-state index in [0.717, 1.165) is 10.5 Å². The van der Waals surface area contributed by atoms with Crippen LogP contribution in [0.4, 0.5) is 4.39 Å². The van der Waals surface area contributed by atoms with Gasteiger partial charge in [0.15, 0.2) is 11.5 Å². The van der Waals surface area contributed by atoms with Gasteiger partial charge in [0.05, 0.1) is 5.56 Å². The van der Waals surface area contributed by atoms with Gasteiger partial charge < -0.3 is 9.63 Å². The van der Waals surface area contributed by atoms with Crippen LogP contribution in [0, 0.1) is 12.7 Å². The highest BCUT2D eigenvalue weighted by molar-refractivity contribution is 7.98. The van der Waals surface area contributed by atoms with Crippen molar-refractivity contribution in [2.45, 2.75) is 11.8 Å². The Kier molecular flexibility index (Phi) is 3.38. The molecule has 0 amide bonds. The van der Waals surface area contributed by atoms with Gasteiger partial charge in [-0.3, -0.25) is 0 Å². The molecule has 0 aliphatic heterocycles. The van der Waals surface area contributed by atoms with E-state index >= 15 is 0 Å². The van der Waals surface area contributed by atoms with Gasteiger partial charge in [0, 0.05) is 11.0 Å². The van der Waals surface area contributed by atoms with E-state index < -0.39 is 11.8 Å². The second-order valence-electron chi connectivity index (χ2n) is 3.68. The lowest BCUT2D eigenvalue weighted by molar-refractivity contribution is 0.0686. The Labute approximate surface area is 107 Å². The molecule has 0 radical (unpaired) electrons. The molecule has 0 saturated carbocycles. The molecular formula is C12H10FNO3S. The second-order valence-corrected chi connectivity index (χ2v) is 4.53. The maximum Gasteiger partial charge on any atom is 0.358 e. The number of carbonyl (C=O) groups is 1. The van der Waals surface area contributed by atoms with Gasteiger partial charge in [-0.05, 0) is 30.9 Å². The van der Waals surface area contributed by atoms with Gasteiger partial charge in [0.2, 0.25) is 0 Å². The molecule has 2 rings (SSSR count). The fourth-order valence-corrected chi connectivity index (χ4v) is 2.18. The average molecular weight is 267 g/mol. The summed E-state index contributed by atoms with van der Waals surface area (Å²) in [7, 11) is 0. The zero-order valence-electron chi connectivity index (χ0n) is 9.73. The van der Waals surface area contributed by atoms with Crippen LogP contribution in [0.5, 0.6) is 0 Å². The summed E-state index contributed by atoms with van der Waals surface area (Å²) in [6.45, 7) is 1.81. The summed E-state index contributed by atoms with van der Waals surface area (Å²) in [5, 5.41) is 12.1. The first-order chi connectivity index (χ1) is 8.52. The monoisotopic (exact) mass is 267 g/mol. The summed E-state index contributed by atoms with van der Waals surface area (Å²) in [5.74, 6) is -1.55. The van der Waals surface area contributed by atoms with Crippen molar-refractivity contribution < 1.29 is 18.8 Å². The maximum atomic E-state index is 13.8. The molecule has 0 aliphatic carbocycles. The van der Waals surface area contributed by atoms with E-state index in [2.05, 4.69) is 5.16 Å². The van der Waals surface area contributed by atoms with E-state index in [9.17, 15) is 9.18 Å². The summed E-state index contributed by atoms with van der Waals surface area (Å²) >= 11 is 1.48. The molecule has 0 unspecified atom stereocenters. The maximum absolute atomic E-state index is 13.8. The van der Waals surface area contributed by atoms with Crippen molar-refractivity contribution in [2.75, 3.05) is 6.26 Å². The molecule has 6 heteroatoms. The number of halogens is 1. The topological polar surface area (TPSA) is 63.3 Å². The number of aromatic nitrogens is 1. The normalized spacial score (nSPS) is 10.6. The number of aryl methyl sites for hydroxylation is 1. The predicted molar refractivity (Wildman–Crippen MR) is 65.4 cm³/mol. The summed E-state index contributed by atoms with van der Waals surface area (Å²) in [4.78, 5) is 11.6. The molecule has 4 nitrogen and oxygen atoms in total. The van der Waals surface area contributed by atoms with Gasteiger partial charge in [-0.15, -0.1) is 11.8 Å². The van der Waals surface area contributed by atoms with Crippen molar-refractivity contribution in [2.24, 2.45) is 0 Å². The number of carboxylic acids is 1. The number of carboxylic acid groups (broad SMARTS) is 1. The zero-order valence-corrected chi connectivity index (χ0v) is 10.5. The molecule has 94 valence electrons. The fourth-order valence-electron chi connectivity index (χ4n) is 1.56. The molecular weight excluding hydrogens is 257 g/mol. The molecule has 0 saturated heterocycles. The Morgan fingerprint density at radius 1 is 1.44 bits per heavy atom. The lowest BCUT2D eigenvalue weighted by atomic mass is 10.1. The molecule has 1 aromatic carbocycles.